The Morgan fingerprint density at radius 2 is 1.79 bits per heavy atom. The average molecular weight is 501 g/mol. The Kier molecular flexibility index (Phi) is 5.72. The van der Waals surface area contributed by atoms with Crippen LogP contribution in [0.3, 0.4) is 0 Å². The number of nitrogens with zero attached hydrogens (tertiary/aromatic N) is 5. The van der Waals surface area contributed by atoms with Gasteiger partial charge in [0.25, 0.3) is 0 Å². The van der Waals surface area contributed by atoms with Crippen molar-refractivity contribution in [1.29, 1.82) is 0 Å². The summed E-state index contributed by atoms with van der Waals surface area (Å²) >= 11 is 0. The minimum atomic E-state index is 0.151. The zero-order valence-electron chi connectivity index (χ0n) is 21.6. The van der Waals surface area contributed by atoms with Crippen molar-refractivity contribution >= 4 is 27.8 Å². The van der Waals surface area contributed by atoms with E-state index in [4.69, 9.17) is 0 Å². The number of hydrogen-bond acceptors (Lipinski definition) is 6. The van der Waals surface area contributed by atoms with Gasteiger partial charge in [0.05, 0.1) is 29.0 Å². The molecule has 8 heteroatoms. The fraction of sp³-hybridized carbons (Fsp3) is 0.167. The standard InChI is InChI=1S/C30H28N8/c1-18(14-30(2,3)4)35-21-11-19(15-31-17-21)20-12-24-27(37-38-29(24)34-16-20)26-13-23-22(8-10-33-28(23)36-26)25-7-5-6-9-32-25/h5-13,15-17,35H,1,14H2,2-4H3,(H,33,36)(H,34,37,38). The number of rotatable bonds is 6. The van der Waals surface area contributed by atoms with Gasteiger partial charge in [0, 0.05) is 57.9 Å². The van der Waals surface area contributed by atoms with Crippen LogP contribution in [0.25, 0.3) is 55.8 Å². The van der Waals surface area contributed by atoms with Gasteiger partial charge in [0.1, 0.15) is 5.65 Å². The van der Waals surface area contributed by atoms with Gasteiger partial charge in [-0.05, 0) is 48.2 Å². The highest BCUT2D eigenvalue weighted by molar-refractivity contribution is 5.99. The maximum absolute atomic E-state index is 4.61. The molecule has 0 saturated heterocycles. The maximum atomic E-state index is 4.61. The van der Waals surface area contributed by atoms with Crippen LogP contribution in [0.15, 0.2) is 85.7 Å². The normalized spacial score (nSPS) is 11.8. The molecule has 38 heavy (non-hydrogen) atoms. The van der Waals surface area contributed by atoms with Crippen LogP contribution in [-0.2, 0) is 0 Å². The number of anilines is 1. The average Bonchev–Trinajstić information content (AvgIpc) is 3.51. The lowest BCUT2D eigenvalue weighted by Gasteiger charge is -2.20. The predicted molar refractivity (Wildman–Crippen MR) is 152 cm³/mol. The van der Waals surface area contributed by atoms with Gasteiger partial charge in [-0.2, -0.15) is 5.10 Å². The van der Waals surface area contributed by atoms with E-state index in [1.165, 1.54) is 0 Å². The Morgan fingerprint density at radius 3 is 2.61 bits per heavy atom. The van der Waals surface area contributed by atoms with Crippen LogP contribution >= 0.6 is 0 Å². The molecule has 0 unspecified atom stereocenters. The van der Waals surface area contributed by atoms with Crippen molar-refractivity contribution < 1.29 is 0 Å². The van der Waals surface area contributed by atoms with E-state index in [-0.39, 0.29) is 5.41 Å². The fourth-order valence-electron chi connectivity index (χ4n) is 4.72. The quantitative estimate of drug-likeness (QED) is 0.227. The molecule has 0 aromatic carbocycles. The highest BCUT2D eigenvalue weighted by atomic mass is 15.2. The summed E-state index contributed by atoms with van der Waals surface area (Å²) in [4.78, 5) is 21.6. The maximum Gasteiger partial charge on any atom is 0.181 e. The van der Waals surface area contributed by atoms with E-state index in [0.717, 1.165) is 68.0 Å². The van der Waals surface area contributed by atoms with E-state index in [0.29, 0.717) is 5.65 Å². The Labute approximate surface area is 220 Å². The molecule has 0 aliphatic rings. The Balaban J connectivity index is 1.36. The summed E-state index contributed by atoms with van der Waals surface area (Å²) in [5.41, 5.74) is 8.97. The highest BCUT2D eigenvalue weighted by Gasteiger charge is 2.16. The van der Waals surface area contributed by atoms with Crippen molar-refractivity contribution in [2.45, 2.75) is 27.2 Å². The summed E-state index contributed by atoms with van der Waals surface area (Å²) in [6.45, 7) is 10.8. The molecule has 0 saturated carbocycles. The third-order valence-electron chi connectivity index (χ3n) is 6.29. The van der Waals surface area contributed by atoms with E-state index >= 15 is 0 Å². The number of H-pyrrole nitrogens is 2. The van der Waals surface area contributed by atoms with Gasteiger partial charge in [-0.1, -0.05) is 33.4 Å². The summed E-state index contributed by atoms with van der Waals surface area (Å²) in [5, 5.41) is 12.9. The topological polar surface area (TPSA) is 108 Å². The zero-order chi connectivity index (χ0) is 26.3. The van der Waals surface area contributed by atoms with Crippen molar-refractivity contribution in [1.82, 2.24) is 35.1 Å². The number of nitrogens with one attached hydrogen (secondary N) is 3. The van der Waals surface area contributed by atoms with Crippen LogP contribution in [0.5, 0.6) is 0 Å². The predicted octanol–water partition coefficient (Wildman–Crippen LogP) is 6.99. The number of pyridine rings is 4. The molecule has 0 bridgehead atoms. The molecule has 3 N–H and O–H groups in total. The SMILES string of the molecule is C=C(CC(C)(C)C)Nc1cncc(-c2cnc3n[nH]c(-c4cc5c(-c6ccccn6)ccnc5[nH]4)c3c2)c1. The summed E-state index contributed by atoms with van der Waals surface area (Å²) in [7, 11) is 0. The molecule has 188 valence electrons. The molecule has 8 nitrogen and oxygen atoms in total. The van der Waals surface area contributed by atoms with E-state index in [2.05, 4.69) is 86.0 Å². The number of fused-ring (bicyclic) bond motifs is 2. The van der Waals surface area contributed by atoms with Gasteiger partial charge < -0.3 is 10.3 Å². The van der Waals surface area contributed by atoms with Gasteiger partial charge in [-0.3, -0.25) is 15.1 Å². The van der Waals surface area contributed by atoms with Crippen LogP contribution in [0, 0.1) is 5.41 Å². The Morgan fingerprint density at radius 1 is 0.921 bits per heavy atom. The summed E-state index contributed by atoms with van der Waals surface area (Å²) < 4.78 is 0. The minimum absolute atomic E-state index is 0.151. The largest absolute Gasteiger partial charge is 0.358 e. The number of hydrogen-bond donors (Lipinski definition) is 3. The molecular formula is C30H28N8. The van der Waals surface area contributed by atoms with Gasteiger partial charge in [-0.25, -0.2) is 9.97 Å². The minimum Gasteiger partial charge on any atom is -0.358 e. The molecular weight excluding hydrogens is 472 g/mol. The van der Waals surface area contributed by atoms with Gasteiger partial charge in [0.2, 0.25) is 0 Å². The van der Waals surface area contributed by atoms with Crippen molar-refractivity contribution in [3.63, 3.8) is 0 Å². The molecule has 6 rings (SSSR count). The molecule has 0 amide bonds. The van der Waals surface area contributed by atoms with E-state index in [1.807, 2.05) is 42.9 Å². The second kappa shape index (κ2) is 9.23. The van der Waals surface area contributed by atoms with Crippen LogP contribution in [0.2, 0.25) is 0 Å². The Bertz CT molecular complexity index is 1770. The second-order valence-electron chi connectivity index (χ2n) is 10.6. The van der Waals surface area contributed by atoms with E-state index < -0.39 is 0 Å². The van der Waals surface area contributed by atoms with Crippen molar-refractivity contribution in [3.05, 3.63) is 85.7 Å². The van der Waals surface area contributed by atoms with Crippen LogP contribution in [-0.4, -0.2) is 35.1 Å². The van der Waals surface area contributed by atoms with Crippen molar-refractivity contribution in [2.75, 3.05) is 5.32 Å². The molecule has 0 radical (unpaired) electrons. The Hall–Kier alpha value is -4.85. The summed E-state index contributed by atoms with van der Waals surface area (Å²) in [6, 6.07) is 14.1. The molecule has 6 heterocycles. The fourth-order valence-corrected chi connectivity index (χ4v) is 4.72. The van der Waals surface area contributed by atoms with Crippen LogP contribution < -0.4 is 5.32 Å². The highest BCUT2D eigenvalue weighted by Crippen LogP contribution is 2.34. The lowest BCUT2D eigenvalue weighted by atomic mass is 9.91. The third kappa shape index (κ3) is 4.64. The molecule has 0 aliphatic heterocycles. The first-order valence-electron chi connectivity index (χ1n) is 12.5. The molecule has 0 fully saturated rings. The second-order valence-corrected chi connectivity index (χ2v) is 10.6. The molecule has 0 aliphatic carbocycles. The van der Waals surface area contributed by atoms with Gasteiger partial charge in [-0.15, -0.1) is 0 Å². The third-order valence-corrected chi connectivity index (χ3v) is 6.29. The lowest BCUT2D eigenvalue weighted by molar-refractivity contribution is 0.411. The first-order valence-corrected chi connectivity index (χ1v) is 12.5. The van der Waals surface area contributed by atoms with Crippen molar-refractivity contribution in [3.8, 4) is 33.8 Å². The van der Waals surface area contributed by atoms with Crippen molar-refractivity contribution in [2.24, 2.45) is 5.41 Å². The first-order chi connectivity index (χ1) is 18.3. The van der Waals surface area contributed by atoms with Crippen LogP contribution in [0.1, 0.15) is 27.2 Å². The molecule has 6 aromatic rings. The number of allylic oxidation sites excluding steroid dienone is 1. The lowest BCUT2D eigenvalue weighted by Crippen LogP contribution is -2.10. The van der Waals surface area contributed by atoms with E-state index in [1.54, 1.807) is 12.4 Å². The van der Waals surface area contributed by atoms with Crippen LogP contribution in [0.4, 0.5) is 5.69 Å². The van der Waals surface area contributed by atoms with E-state index in [9.17, 15) is 0 Å². The van der Waals surface area contributed by atoms with Gasteiger partial charge >= 0.3 is 0 Å². The summed E-state index contributed by atoms with van der Waals surface area (Å²) in [5.74, 6) is 0. The first kappa shape index (κ1) is 23.5. The number of aromatic nitrogens is 7. The monoisotopic (exact) mass is 500 g/mol. The summed E-state index contributed by atoms with van der Waals surface area (Å²) in [6.07, 6.45) is 9.93. The zero-order valence-corrected chi connectivity index (χ0v) is 21.6. The molecule has 6 aromatic heterocycles. The molecule has 0 atom stereocenters. The smallest absolute Gasteiger partial charge is 0.181 e. The van der Waals surface area contributed by atoms with Gasteiger partial charge in [0.15, 0.2) is 5.65 Å². The molecule has 0 spiro atoms. The number of aromatic amines is 2.